The Labute approximate surface area is 125 Å². The van der Waals surface area contributed by atoms with Gasteiger partial charge in [-0.05, 0) is 25.7 Å². The van der Waals surface area contributed by atoms with Crippen LogP contribution in [0.1, 0.15) is 39.0 Å². The molecule has 0 saturated heterocycles. The Kier molecular flexibility index (Phi) is 5.98. The van der Waals surface area contributed by atoms with Crippen molar-refractivity contribution in [3.63, 3.8) is 0 Å². The van der Waals surface area contributed by atoms with Crippen LogP contribution < -0.4 is 14.8 Å². The van der Waals surface area contributed by atoms with Crippen LogP contribution in [0.5, 0.6) is 12.0 Å². The summed E-state index contributed by atoms with van der Waals surface area (Å²) in [4.78, 5) is 12.6. The van der Waals surface area contributed by atoms with Gasteiger partial charge in [-0.25, -0.2) is 0 Å². The van der Waals surface area contributed by atoms with Crippen molar-refractivity contribution >= 4 is 5.95 Å². The zero-order chi connectivity index (χ0) is 15.1. The highest BCUT2D eigenvalue weighted by molar-refractivity contribution is 5.26. The molecule has 2 atom stereocenters. The molecule has 1 aromatic rings. The van der Waals surface area contributed by atoms with Gasteiger partial charge >= 0.3 is 12.0 Å². The molecule has 0 radical (unpaired) electrons. The molecule has 1 saturated carbocycles. The molecule has 1 aliphatic carbocycles. The van der Waals surface area contributed by atoms with Gasteiger partial charge < -0.3 is 19.5 Å². The first-order chi connectivity index (χ1) is 10.2. The third kappa shape index (κ3) is 4.70. The summed E-state index contributed by atoms with van der Waals surface area (Å²) in [5.74, 6) is 0.449. The Morgan fingerprint density at radius 2 is 1.90 bits per heavy atom. The maximum atomic E-state index is 5.89. The second-order valence-corrected chi connectivity index (χ2v) is 5.09. The molecule has 0 spiro atoms. The molecule has 21 heavy (non-hydrogen) atoms. The normalized spacial score (nSPS) is 21.9. The molecule has 1 aliphatic rings. The van der Waals surface area contributed by atoms with Gasteiger partial charge in [-0.1, -0.05) is 6.92 Å². The lowest BCUT2D eigenvalue weighted by Crippen LogP contribution is -2.30. The predicted octanol–water partition coefficient (Wildman–Crippen LogP) is 2.04. The van der Waals surface area contributed by atoms with Crippen molar-refractivity contribution in [2.75, 3.05) is 26.1 Å². The SMILES string of the molecule is CCCOc1nc(NC)nc(OC2CCCC(OC)C2)n1. The largest absolute Gasteiger partial charge is 0.463 e. The fraction of sp³-hybridized carbons (Fsp3) is 0.786. The summed E-state index contributed by atoms with van der Waals surface area (Å²) in [5, 5.41) is 2.89. The average Bonchev–Trinajstić information content (AvgIpc) is 2.52. The summed E-state index contributed by atoms with van der Waals surface area (Å²) in [6, 6.07) is 0.604. The van der Waals surface area contributed by atoms with E-state index in [9.17, 15) is 0 Å². The quantitative estimate of drug-likeness (QED) is 0.824. The van der Waals surface area contributed by atoms with Crippen LogP contribution in [0.3, 0.4) is 0 Å². The number of hydrogen-bond acceptors (Lipinski definition) is 7. The highest BCUT2D eigenvalue weighted by Crippen LogP contribution is 2.24. The monoisotopic (exact) mass is 296 g/mol. The molecule has 118 valence electrons. The summed E-state index contributed by atoms with van der Waals surface area (Å²) in [6.07, 6.45) is 5.26. The Balaban J connectivity index is 2.03. The van der Waals surface area contributed by atoms with Gasteiger partial charge in [-0.2, -0.15) is 9.97 Å². The smallest absolute Gasteiger partial charge is 0.324 e. The van der Waals surface area contributed by atoms with Gasteiger partial charge in [0, 0.05) is 20.6 Å². The van der Waals surface area contributed by atoms with E-state index in [4.69, 9.17) is 14.2 Å². The molecule has 0 aliphatic heterocycles. The minimum Gasteiger partial charge on any atom is -0.463 e. The maximum absolute atomic E-state index is 5.89. The second kappa shape index (κ2) is 7.97. The van der Waals surface area contributed by atoms with E-state index in [1.165, 1.54) is 0 Å². The lowest BCUT2D eigenvalue weighted by molar-refractivity contribution is 0.0176. The number of methoxy groups -OCH3 is 1. The maximum Gasteiger partial charge on any atom is 0.324 e. The van der Waals surface area contributed by atoms with Crippen molar-refractivity contribution < 1.29 is 14.2 Å². The van der Waals surface area contributed by atoms with Crippen molar-refractivity contribution in [1.82, 2.24) is 15.0 Å². The van der Waals surface area contributed by atoms with Crippen molar-refractivity contribution in [2.45, 2.75) is 51.2 Å². The first kappa shape index (κ1) is 15.8. The van der Waals surface area contributed by atoms with Crippen LogP contribution in [0.25, 0.3) is 0 Å². The first-order valence-corrected chi connectivity index (χ1v) is 7.51. The fourth-order valence-electron chi connectivity index (χ4n) is 2.33. The van der Waals surface area contributed by atoms with E-state index in [2.05, 4.69) is 20.3 Å². The molecule has 0 amide bonds. The Bertz CT molecular complexity index is 444. The predicted molar refractivity (Wildman–Crippen MR) is 78.8 cm³/mol. The highest BCUT2D eigenvalue weighted by atomic mass is 16.5. The van der Waals surface area contributed by atoms with E-state index >= 15 is 0 Å². The van der Waals surface area contributed by atoms with E-state index in [0.29, 0.717) is 24.6 Å². The summed E-state index contributed by atoms with van der Waals surface area (Å²) in [5.41, 5.74) is 0. The van der Waals surface area contributed by atoms with Gasteiger partial charge in [0.2, 0.25) is 5.95 Å². The average molecular weight is 296 g/mol. The summed E-state index contributed by atoms with van der Waals surface area (Å²) >= 11 is 0. The number of aromatic nitrogens is 3. The number of ether oxygens (including phenoxy) is 3. The van der Waals surface area contributed by atoms with Gasteiger partial charge in [-0.15, -0.1) is 4.98 Å². The number of nitrogens with one attached hydrogen (secondary N) is 1. The number of rotatable bonds is 7. The summed E-state index contributed by atoms with van der Waals surface area (Å²) in [6.45, 7) is 2.60. The van der Waals surface area contributed by atoms with Gasteiger partial charge in [0.15, 0.2) is 0 Å². The fourth-order valence-corrected chi connectivity index (χ4v) is 2.33. The molecule has 2 rings (SSSR count). The van der Waals surface area contributed by atoms with Crippen LogP contribution >= 0.6 is 0 Å². The van der Waals surface area contributed by atoms with Crippen molar-refractivity contribution in [2.24, 2.45) is 0 Å². The summed E-state index contributed by atoms with van der Waals surface area (Å²) in [7, 11) is 3.50. The van der Waals surface area contributed by atoms with Crippen LogP contribution in [0.15, 0.2) is 0 Å². The Hall–Kier alpha value is -1.63. The van der Waals surface area contributed by atoms with Gasteiger partial charge in [0.05, 0.1) is 12.7 Å². The third-order valence-corrected chi connectivity index (χ3v) is 3.44. The minimum atomic E-state index is 0.0785. The van der Waals surface area contributed by atoms with E-state index < -0.39 is 0 Å². The van der Waals surface area contributed by atoms with E-state index in [0.717, 1.165) is 32.1 Å². The van der Waals surface area contributed by atoms with Crippen molar-refractivity contribution in [1.29, 1.82) is 0 Å². The molecule has 1 aromatic heterocycles. The molecule has 2 unspecified atom stereocenters. The zero-order valence-electron chi connectivity index (χ0n) is 13.0. The second-order valence-electron chi connectivity index (χ2n) is 5.09. The molecule has 1 fully saturated rings. The van der Waals surface area contributed by atoms with Crippen LogP contribution in [0.4, 0.5) is 5.95 Å². The lowest BCUT2D eigenvalue weighted by atomic mass is 9.95. The van der Waals surface area contributed by atoms with Crippen LogP contribution in [0.2, 0.25) is 0 Å². The molecular weight excluding hydrogens is 272 g/mol. The highest BCUT2D eigenvalue weighted by Gasteiger charge is 2.24. The van der Waals surface area contributed by atoms with E-state index in [1.54, 1.807) is 14.2 Å². The molecule has 0 aromatic carbocycles. The van der Waals surface area contributed by atoms with Gasteiger partial charge in [0.25, 0.3) is 0 Å². The molecule has 1 heterocycles. The molecule has 0 bridgehead atoms. The topological polar surface area (TPSA) is 78.4 Å². The van der Waals surface area contributed by atoms with E-state index in [1.807, 2.05) is 6.92 Å². The van der Waals surface area contributed by atoms with Crippen LogP contribution in [0, 0.1) is 0 Å². The van der Waals surface area contributed by atoms with E-state index in [-0.39, 0.29) is 12.2 Å². The van der Waals surface area contributed by atoms with Crippen molar-refractivity contribution in [3.05, 3.63) is 0 Å². The number of hydrogen-bond donors (Lipinski definition) is 1. The minimum absolute atomic E-state index is 0.0785. The lowest BCUT2D eigenvalue weighted by Gasteiger charge is -2.27. The van der Waals surface area contributed by atoms with Crippen LogP contribution in [-0.2, 0) is 4.74 Å². The molecule has 7 heteroatoms. The Morgan fingerprint density at radius 1 is 1.14 bits per heavy atom. The van der Waals surface area contributed by atoms with Gasteiger partial charge in [-0.3, -0.25) is 0 Å². The molecule has 1 N–H and O–H groups in total. The number of anilines is 1. The van der Waals surface area contributed by atoms with Gasteiger partial charge in [0.1, 0.15) is 6.10 Å². The number of nitrogens with zero attached hydrogens (tertiary/aromatic N) is 3. The Morgan fingerprint density at radius 3 is 2.62 bits per heavy atom. The summed E-state index contributed by atoms with van der Waals surface area (Å²) < 4.78 is 16.8. The van der Waals surface area contributed by atoms with Crippen LogP contribution in [-0.4, -0.2) is 47.9 Å². The standard InChI is InChI=1S/C14H24N4O3/c1-4-8-20-13-16-12(15-2)17-14(18-13)21-11-7-5-6-10(9-11)19-3/h10-11H,4-9H2,1-3H3,(H,15,16,17,18). The third-order valence-electron chi connectivity index (χ3n) is 3.44. The molecule has 7 nitrogen and oxygen atoms in total. The first-order valence-electron chi connectivity index (χ1n) is 7.51. The zero-order valence-corrected chi connectivity index (χ0v) is 13.0. The molecular formula is C14H24N4O3. The van der Waals surface area contributed by atoms with Crippen molar-refractivity contribution in [3.8, 4) is 12.0 Å².